The van der Waals surface area contributed by atoms with E-state index in [-0.39, 0.29) is 16.7 Å². The summed E-state index contributed by atoms with van der Waals surface area (Å²) >= 11 is 1.16. The number of hydrogen-bond acceptors (Lipinski definition) is 6. The number of carbonyl (C=O) groups is 1. The van der Waals surface area contributed by atoms with Crippen LogP contribution in [0.15, 0.2) is 64.2 Å². The highest BCUT2D eigenvalue weighted by molar-refractivity contribution is 7.91. The first kappa shape index (κ1) is 23.3. The first-order valence-electron chi connectivity index (χ1n) is 10.5. The van der Waals surface area contributed by atoms with Gasteiger partial charge in [0.25, 0.3) is 10.0 Å². The molecule has 0 spiro atoms. The fourth-order valence-corrected chi connectivity index (χ4v) is 6.67. The lowest BCUT2D eigenvalue weighted by Gasteiger charge is -2.34. The van der Waals surface area contributed by atoms with Crippen LogP contribution in [0, 0.1) is 0 Å². The minimum atomic E-state index is -3.79. The molecule has 1 N–H and O–H groups in total. The SMILES string of the molecule is COc1ccc(CCNC(=O)[C@H]2Cc3ccccc3CN2S(=O)(=O)c2cccs2)cc1OC. The Morgan fingerprint density at radius 3 is 2.52 bits per heavy atom. The molecule has 1 aliphatic rings. The van der Waals surface area contributed by atoms with Gasteiger partial charge in [0, 0.05) is 13.1 Å². The summed E-state index contributed by atoms with van der Waals surface area (Å²) < 4.78 is 38.8. The number of thiophene rings is 1. The second kappa shape index (κ2) is 9.94. The van der Waals surface area contributed by atoms with E-state index in [1.54, 1.807) is 31.7 Å². The van der Waals surface area contributed by atoms with Crippen molar-refractivity contribution in [3.8, 4) is 11.5 Å². The standard InChI is InChI=1S/C24H26N2O5S2/c1-30-21-10-9-17(14-22(21)31-2)11-12-25-24(27)20-15-18-6-3-4-7-19(18)16-26(20)33(28,29)23-8-5-13-32-23/h3-10,13-14,20H,11-12,15-16H2,1-2H3,(H,25,27)/t20-/m1/s1. The molecule has 0 fully saturated rings. The summed E-state index contributed by atoms with van der Waals surface area (Å²) in [7, 11) is -0.633. The molecule has 4 rings (SSSR count). The van der Waals surface area contributed by atoms with Gasteiger partial charge >= 0.3 is 0 Å². The maximum atomic E-state index is 13.3. The molecule has 2 aromatic carbocycles. The van der Waals surface area contributed by atoms with E-state index < -0.39 is 16.1 Å². The quantitative estimate of drug-likeness (QED) is 0.528. The number of sulfonamides is 1. The van der Waals surface area contributed by atoms with Gasteiger partial charge in [0.15, 0.2) is 11.5 Å². The summed E-state index contributed by atoms with van der Waals surface area (Å²) in [6.07, 6.45) is 0.913. The third kappa shape index (κ3) is 4.90. The second-order valence-corrected chi connectivity index (χ2v) is 10.8. The highest BCUT2D eigenvalue weighted by Crippen LogP contribution is 2.31. The zero-order valence-corrected chi connectivity index (χ0v) is 20.1. The molecule has 3 aromatic rings. The van der Waals surface area contributed by atoms with Crippen molar-refractivity contribution in [1.29, 1.82) is 0 Å². The number of rotatable bonds is 8. The third-order valence-electron chi connectivity index (χ3n) is 5.73. The van der Waals surface area contributed by atoms with E-state index in [0.717, 1.165) is 28.0 Å². The predicted molar refractivity (Wildman–Crippen MR) is 127 cm³/mol. The molecule has 1 aliphatic heterocycles. The van der Waals surface area contributed by atoms with Crippen LogP contribution in [-0.2, 0) is 34.2 Å². The van der Waals surface area contributed by atoms with Crippen molar-refractivity contribution in [3.05, 3.63) is 76.7 Å². The fraction of sp³-hybridized carbons (Fsp3) is 0.292. The molecule has 0 bridgehead atoms. The molecule has 2 heterocycles. The van der Waals surface area contributed by atoms with Gasteiger partial charge in [-0.25, -0.2) is 8.42 Å². The van der Waals surface area contributed by atoms with Crippen molar-refractivity contribution in [2.75, 3.05) is 20.8 Å². The first-order valence-corrected chi connectivity index (χ1v) is 12.9. The number of methoxy groups -OCH3 is 2. The van der Waals surface area contributed by atoms with Crippen LogP contribution in [0.5, 0.6) is 11.5 Å². The topological polar surface area (TPSA) is 84.9 Å². The molecule has 1 atom stereocenters. The van der Waals surface area contributed by atoms with Gasteiger partial charge in [0.2, 0.25) is 5.91 Å². The Morgan fingerprint density at radius 2 is 1.82 bits per heavy atom. The van der Waals surface area contributed by atoms with Crippen molar-refractivity contribution in [1.82, 2.24) is 9.62 Å². The normalized spacial score (nSPS) is 16.1. The zero-order valence-electron chi connectivity index (χ0n) is 18.5. The third-order valence-corrected chi connectivity index (χ3v) is 8.95. The largest absolute Gasteiger partial charge is 0.493 e. The molecule has 0 aliphatic carbocycles. The summed E-state index contributed by atoms with van der Waals surface area (Å²) in [5, 5.41) is 4.66. The van der Waals surface area contributed by atoms with Gasteiger partial charge in [0.1, 0.15) is 10.3 Å². The maximum absolute atomic E-state index is 13.3. The number of fused-ring (bicyclic) bond motifs is 1. The van der Waals surface area contributed by atoms with E-state index in [1.165, 1.54) is 4.31 Å². The summed E-state index contributed by atoms with van der Waals surface area (Å²) in [5.41, 5.74) is 2.90. The number of ether oxygens (including phenoxy) is 2. The summed E-state index contributed by atoms with van der Waals surface area (Å²) in [6.45, 7) is 0.545. The Morgan fingerprint density at radius 1 is 1.06 bits per heavy atom. The van der Waals surface area contributed by atoms with Crippen molar-refractivity contribution in [2.24, 2.45) is 0 Å². The van der Waals surface area contributed by atoms with Crippen LogP contribution in [0.4, 0.5) is 0 Å². The van der Waals surface area contributed by atoms with Crippen LogP contribution in [-0.4, -0.2) is 45.4 Å². The average molecular weight is 487 g/mol. The van der Waals surface area contributed by atoms with Gasteiger partial charge in [-0.05, 0) is 53.1 Å². The van der Waals surface area contributed by atoms with E-state index in [9.17, 15) is 13.2 Å². The minimum absolute atomic E-state index is 0.171. The van der Waals surface area contributed by atoms with Crippen LogP contribution in [0.1, 0.15) is 16.7 Å². The van der Waals surface area contributed by atoms with Crippen LogP contribution >= 0.6 is 11.3 Å². The van der Waals surface area contributed by atoms with E-state index in [1.807, 2.05) is 42.5 Å². The Kier molecular flexibility index (Phi) is 7.02. The average Bonchev–Trinajstić information content (AvgIpc) is 3.39. The molecule has 0 saturated carbocycles. The zero-order chi connectivity index (χ0) is 23.4. The van der Waals surface area contributed by atoms with Crippen molar-refractivity contribution >= 4 is 27.3 Å². The first-order chi connectivity index (χ1) is 15.9. The number of carbonyl (C=O) groups excluding carboxylic acids is 1. The number of nitrogens with one attached hydrogen (secondary N) is 1. The lowest BCUT2D eigenvalue weighted by atomic mass is 9.95. The second-order valence-electron chi connectivity index (χ2n) is 7.70. The van der Waals surface area contributed by atoms with Crippen molar-refractivity contribution < 1.29 is 22.7 Å². The minimum Gasteiger partial charge on any atom is -0.493 e. The molecular weight excluding hydrogens is 460 g/mol. The van der Waals surface area contributed by atoms with Crippen molar-refractivity contribution in [2.45, 2.75) is 29.6 Å². The lowest BCUT2D eigenvalue weighted by molar-refractivity contribution is -0.125. The predicted octanol–water partition coefficient (Wildman–Crippen LogP) is 3.24. The van der Waals surface area contributed by atoms with Gasteiger partial charge in [-0.1, -0.05) is 36.4 Å². The molecule has 174 valence electrons. The van der Waals surface area contributed by atoms with Crippen LogP contribution in [0.3, 0.4) is 0 Å². The Labute approximate surface area is 198 Å². The van der Waals surface area contributed by atoms with E-state index >= 15 is 0 Å². The smallest absolute Gasteiger partial charge is 0.253 e. The van der Waals surface area contributed by atoms with Gasteiger partial charge < -0.3 is 14.8 Å². The molecule has 0 saturated heterocycles. The molecular formula is C24H26N2O5S2. The molecule has 9 heteroatoms. The fourth-order valence-electron chi connectivity index (χ4n) is 3.98. The van der Waals surface area contributed by atoms with Crippen molar-refractivity contribution in [3.63, 3.8) is 0 Å². The van der Waals surface area contributed by atoms with Gasteiger partial charge in [0.05, 0.1) is 14.2 Å². The molecule has 1 amide bonds. The van der Waals surface area contributed by atoms with Gasteiger partial charge in [-0.2, -0.15) is 4.31 Å². The molecule has 7 nitrogen and oxygen atoms in total. The number of benzene rings is 2. The molecule has 33 heavy (non-hydrogen) atoms. The number of hydrogen-bond donors (Lipinski definition) is 1. The number of nitrogens with zero attached hydrogens (tertiary/aromatic N) is 1. The maximum Gasteiger partial charge on any atom is 0.253 e. The monoisotopic (exact) mass is 486 g/mol. The Hall–Kier alpha value is -2.88. The van der Waals surface area contributed by atoms with E-state index in [4.69, 9.17) is 9.47 Å². The Bertz CT molecular complexity index is 1230. The molecule has 0 radical (unpaired) electrons. The highest BCUT2D eigenvalue weighted by atomic mass is 32.2. The molecule has 0 unspecified atom stereocenters. The van der Waals surface area contributed by atoms with Gasteiger partial charge in [-0.15, -0.1) is 11.3 Å². The summed E-state index contributed by atoms with van der Waals surface area (Å²) in [4.78, 5) is 13.2. The summed E-state index contributed by atoms with van der Waals surface area (Å²) in [6, 6.07) is 15.7. The highest BCUT2D eigenvalue weighted by Gasteiger charge is 2.39. The Balaban J connectivity index is 1.51. The summed E-state index contributed by atoms with van der Waals surface area (Å²) in [5.74, 6) is 0.962. The van der Waals surface area contributed by atoms with Crippen LogP contribution in [0.2, 0.25) is 0 Å². The van der Waals surface area contributed by atoms with Gasteiger partial charge in [-0.3, -0.25) is 4.79 Å². The van der Waals surface area contributed by atoms with E-state index in [0.29, 0.717) is 30.9 Å². The molecule has 1 aromatic heterocycles. The van der Waals surface area contributed by atoms with Crippen LogP contribution < -0.4 is 14.8 Å². The van der Waals surface area contributed by atoms with Crippen LogP contribution in [0.25, 0.3) is 0 Å². The van der Waals surface area contributed by atoms with E-state index in [2.05, 4.69) is 5.32 Å². The lowest BCUT2D eigenvalue weighted by Crippen LogP contribution is -2.52. The number of amides is 1.